The van der Waals surface area contributed by atoms with Gasteiger partial charge in [0, 0.05) is 19.1 Å². The van der Waals surface area contributed by atoms with Crippen molar-refractivity contribution in [1.82, 2.24) is 19.7 Å². The molecule has 2 aromatic rings. The van der Waals surface area contributed by atoms with E-state index in [0.29, 0.717) is 18.8 Å². The van der Waals surface area contributed by atoms with Gasteiger partial charge in [-0.2, -0.15) is 13.2 Å². The number of aromatic nitrogens is 3. The van der Waals surface area contributed by atoms with Gasteiger partial charge in [-0.1, -0.05) is 24.3 Å². The highest BCUT2D eigenvalue weighted by Crippen LogP contribution is 2.36. The van der Waals surface area contributed by atoms with Crippen LogP contribution < -0.4 is 0 Å². The highest BCUT2D eigenvalue weighted by Gasteiger charge is 2.41. The molecule has 5 nitrogen and oxygen atoms in total. The molecule has 0 saturated heterocycles. The van der Waals surface area contributed by atoms with Crippen molar-refractivity contribution >= 4 is 0 Å². The van der Waals surface area contributed by atoms with Gasteiger partial charge in [-0.3, -0.25) is 4.90 Å². The van der Waals surface area contributed by atoms with Gasteiger partial charge in [0.2, 0.25) is 5.82 Å². The van der Waals surface area contributed by atoms with E-state index >= 15 is 0 Å². The van der Waals surface area contributed by atoms with Crippen molar-refractivity contribution in [3.8, 4) is 0 Å². The van der Waals surface area contributed by atoms with E-state index in [2.05, 4.69) is 10.2 Å². The summed E-state index contributed by atoms with van der Waals surface area (Å²) in [5, 5.41) is 17.5. The minimum atomic E-state index is -4.49. The Morgan fingerprint density at radius 2 is 1.91 bits per heavy atom. The second-order valence-corrected chi connectivity index (χ2v) is 5.97. The highest BCUT2D eigenvalue weighted by atomic mass is 19.4. The molecule has 4 rings (SSSR count). The van der Waals surface area contributed by atoms with Crippen molar-refractivity contribution in [3.05, 3.63) is 47.0 Å². The fourth-order valence-corrected chi connectivity index (χ4v) is 3.55. The smallest absolute Gasteiger partial charge is 0.387 e. The zero-order valence-electron chi connectivity index (χ0n) is 12.2. The Kier molecular flexibility index (Phi) is 3.21. The largest absolute Gasteiger partial charge is 0.451 e. The zero-order valence-corrected chi connectivity index (χ0v) is 12.2. The summed E-state index contributed by atoms with van der Waals surface area (Å²) in [7, 11) is 0. The second-order valence-electron chi connectivity index (χ2n) is 5.97. The molecule has 0 saturated carbocycles. The normalized spacial score (nSPS) is 24.5. The summed E-state index contributed by atoms with van der Waals surface area (Å²) in [6.45, 7) is 0.874. The fourth-order valence-electron chi connectivity index (χ4n) is 3.55. The molecule has 0 radical (unpaired) electrons. The highest BCUT2D eigenvalue weighted by molar-refractivity contribution is 5.36. The number of rotatable bonds is 1. The molecular weight excluding hydrogens is 309 g/mol. The summed E-state index contributed by atoms with van der Waals surface area (Å²) in [6.07, 6.45) is -4.42. The Balaban J connectivity index is 1.57. The quantitative estimate of drug-likeness (QED) is 0.869. The van der Waals surface area contributed by atoms with E-state index in [4.69, 9.17) is 0 Å². The van der Waals surface area contributed by atoms with Gasteiger partial charge in [0.1, 0.15) is 5.82 Å². The minimum Gasteiger partial charge on any atom is -0.387 e. The summed E-state index contributed by atoms with van der Waals surface area (Å²) in [5.41, 5.74) is 1.99. The zero-order chi connectivity index (χ0) is 16.2. The molecule has 1 aliphatic carbocycles. The van der Waals surface area contributed by atoms with Gasteiger partial charge >= 0.3 is 6.18 Å². The number of hydrogen-bond acceptors (Lipinski definition) is 4. The molecular formula is C15H15F3N4O. The van der Waals surface area contributed by atoms with E-state index in [1.807, 2.05) is 29.2 Å². The van der Waals surface area contributed by atoms with Gasteiger partial charge in [-0.05, 0) is 17.5 Å². The SMILES string of the molecule is OC1c2ccccc2CC1N1CCn2c(nnc2C(F)(F)F)C1. The standard InChI is InChI=1S/C15H15F3N4O/c16-15(17,18)14-20-19-12-8-21(5-6-22(12)14)11-7-9-3-1-2-4-10(9)13(11)23/h1-4,11,13,23H,5-8H2. The lowest BCUT2D eigenvalue weighted by molar-refractivity contribution is -0.148. The number of fused-ring (bicyclic) bond motifs is 2. The number of aliphatic hydroxyl groups excluding tert-OH is 1. The molecule has 0 amide bonds. The third-order valence-corrected chi connectivity index (χ3v) is 4.67. The lowest BCUT2D eigenvalue weighted by Gasteiger charge is -2.34. The van der Waals surface area contributed by atoms with Crippen LogP contribution in [-0.4, -0.2) is 37.4 Å². The summed E-state index contributed by atoms with van der Waals surface area (Å²) in [6, 6.07) is 7.55. The predicted octanol–water partition coefficient (Wildman–Crippen LogP) is 1.77. The first-order chi connectivity index (χ1) is 10.9. The number of aliphatic hydroxyl groups is 1. The Bertz CT molecular complexity index is 743. The average Bonchev–Trinajstić information content (AvgIpc) is 3.08. The first kappa shape index (κ1) is 14.6. The number of hydrogen-bond donors (Lipinski definition) is 1. The maximum atomic E-state index is 12.9. The first-order valence-electron chi connectivity index (χ1n) is 7.44. The van der Waals surface area contributed by atoms with Crippen molar-refractivity contribution in [2.24, 2.45) is 0 Å². The van der Waals surface area contributed by atoms with Crippen molar-refractivity contribution in [2.45, 2.75) is 37.8 Å². The van der Waals surface area contributed by atoms with Crippen LogP contribution in [0.3, 0.4) is 0 Å². The van der Waals surface area contributed by atoms with Crippen molar-refractivity contribution in [3.63, 3.8) is 0 Å². The predicted molar refractivity (Wildman–Crippen MR) is 74.3 cm³/mol. The average molecular weight is 324 g/mol. The van der Waals surface area contributed by atoms with E-state index in [9.17, 15) is 18.3 Å². The molecule has 2 aliphatic rings. The maximum absolute atomic E-state index is 12.9. The first-order valence-corrected chi connectivity index (χ1v) is 7.44. The van der Waals surface area contributed by atoms with E-state index in [1.54, 1.807) is 0 Å². The van der Waals surface area contributed by atoms with Crippen LogP contribution in [0, 0.1) is 0 Å². The van der Waals surface area contributed by atoms with Gasteiger partial charge in [0.15, 0.2) is 0 Å². The van der Waals surface area contributed by atoms with Crippen LogP contribution in [0.5, 0.6) is 0 Å². The molecule has 122 valence electrons. The van der Waals surface area contributed by atoms with E-state index in [0.717, 1.165) is 15.7 Å². The van der Waals surface area contributed by atoms with Crippen molar-refractivity contribution in [2.75, 3.05) is 6.54 Å². The second kappa shape index (κ2) is 5.04. The molecule has 0 bridgehead atoms. The molecule has 2 heterocycles. The monoisotopic (exact) mass is 324 g/mol. The molecule has 1 aromatic heterocycles. The minimum absolute atomic E-state index is 0.132. The van der Waals surface area contributed by atoms with Crippen molar-refractivity contribution < 1.29 is 18.3 Å². The molecule has 1 N–H and O–H groups in total. The van der Waals surface area contributed by atoms with Gasteiger partial charge in [-0.25, -0.2) is 0 Å². The van der Waals surface area contributed by atoms with Gasteiger partial charge < -0.3 is 9.67 Å². The maximum Gasteiger partial charge on any atom is 0.451 e. The number of alkyl halides is 3. The van der Waals surface area contributed by atoms with Crippen LogP contribution >= 0.6 is 0 Å². The van der Waals surface area contributed by atoms with E-state index < -0.39 is 18.1 Å². The Morgan fingerprint density at radius 1 is 1.13 bits per heavy atom. The molecule has 8 heteroatoms. The van der Waals surface area contributed by atoms with Crippen LogP contribution in [0.4, 0.5) is 13.2 Å². The van der Waals surface area contributed by atoms with E-state index in [-0.39, 0.29) is 19.1 Å². The molecule has 1 aliphatic heterocycles. The van der Waals surface area contributed by atoms with Crippen molar-refractivity contribution in [1.29, 1.82) is 0 Å². The summed E-state index contributed by atoms with van der Waals surface area (Å²) < 4.78 is 39.7. The van der Waals surface area contributed by atoms with Crippen LogP contribution in [0.25, 0.3) is 0 Å². The van der Waals surface area contributed by atoms with Gasteiger partial charge in [-0.15, -0.1) is 10.2 Å². The molecule has 1 aromatic carbocycles. The third kappa shape index (κ3) is 2.33. The number of benzene rings is 1. The topological polar surface area (TPSA) is 54.2 Å². The molecule has 2 unspecified atom stereocenters. The van der Waals surface area contributed by atoms with Crippen LogP contribution in [0.15, 0.2) is 24.3 Å². The molecule has 23 heavy (non-hydrogen) atoms. The molecule has 0 spiro atoms. The summed E-state index contributed by atoms with van der Waals surface area (Å²) in [4.78, 5) is 1.99. The molecule has 2 atom stereocenters. The lowest BCUT2D eigenvalue weighted by Crippen LogP contribution is -2.44. The fraction of sp³-hybridized carbons (Fsp3) is 0.467. The Hall–Kier alpha value is -1.93. The number of halogens is 3. The summed E-state index contributed by atoms with van der Waals surface area (Å²) in [5.74, 6) is -0.644. The summed E-state index contributed by atoms with van der Waals surface area (Å²) >= 11 is 0. The van der Waals surface area contributed by atoms with Gasteiger partial charge in [0.25, 0.3) is 0 Å². The number of nitrogens with zero attached hydrogens (tertiary/aromatic N) is 4. The Labute approximate surface area is 130 Å². The van der Waals surface area contributed by atoms with Crippen LogP contribution in [0.2, 0.25) is 0 Å². The Morgan fingerprint density at radius 3 is 2.65 bits per heavy atom. The lowest BCUT2D eigenvalue weighted by atomic mass is 10.1. The third-order valence-electron chi connectivity index (χ3n) is 4.67. The van der Waals surface area contributed by atoms with Crippen LogP contribution in [-0.2, 0) is 25.7 Å². The van der Waals surface area contributed by atoms with Gasteiger partial charge in [0.05, 0.1) is 12.6 Å². The van der Waals surface area contributed by atoms with Crippen LogP contribution in [0.1, 0.15) is 28.9 Å². The van der Waals surface area contributed by atoms with E-state index in [1.165, 1.54) is 0 Å². The molecule has 0 fully saturated rings.